The van der Waals surface area contributed by atoms with Gasteiger partial charge in [0.1, 0.15) is 17.9 Å². The molecule has 1 saturated heterocycles. The van der Waals surface area contributed by atoms with Gasteiger partial charge in [-0.15, -0.1) is 0 Å². The number of thiocarbonyl (C=S) groups is 1. The minimum atomic E-state index is -0.552. The Kier molecular flexibility index (Phi) is 7.26. The van der Waals surface area contributed by atoms with Crippen LogP contribution < -0.4 is 15.0 Å². The molecule has 1 heterocycles. The molecule has 0 aromatic heterocycles. The highest BCUT2D eigenvalue weighted by Gasteiger charge is 2.35. The monoisotopic (exact) mass is 500 g/mol. The molecule has 0 bridgehead atoms. The quantitative estimate of drug-likeness (QED) is 0.232. The van der Waals surface area contributed by atoms with Gasteiger partial charge in [0.05, 0.1) is 18.4 Å². The van der Waals surface area contributed by atoms with E-state index in [0.717, 1.165) is 16.7 Å². The number of rotatable bonds is 6. The van der Waals surface area contributed by atoms with Crippen molar-refractivity contribution < 1.29 is 23.9 Å². The number of methoxy groups -OCH3 is 1. The van der Waals surface area contributed by atoms with Gasteiger partial charge in [-0.2, -0.15) is 0 Å². The van der Waals surface area contributed by atoms with Crippen molar-refractivity contribution in [2.75, 3.05) is 12.0 Å². The Morgan fingerprint density at radius 1 is 1.03 bits per heavy atom. The first-order chi connectivity index (χ1) is 17.3. The molecular weight excluding hydrogens is 476 g/mol. The molecule has 1 aliphatic rings. The van der Waals surface area contributed by atoms with Crippen LogP contribution in [0.1, 0.15) is 32.6 Å². The summed E-state index contributed by atoms with van der Waals surface area (Å²) >= 11 is 5.31. The predicted octanol–water partition coefficient (Wildman–Crippen LogP) is 4.50. The largest absolute Gasteiger partial charge is 0.489 e. The first-order valence-electron chi connectivity index (χ1n) is 11.2. The van der Waals surface area contributed by atoms with E-state index < -0.39 is 17.8 Å². The second-order valence-corrected chi connectivity index (χ2v) is 8.61. The molecule has 0 unspecified atom stereocenters. The molecule has 182 valence electrons. The van der Waals surface area contributed by atoms with E-state index in [1.807, 2.05) is 26.0 Å². The summed E-state index contributed by atoms with van der Waals surface area (Å²) in [6, 6.07) is 19.6. The average molecular weight is 501 g/mol. The van der Waals surface area contributed by atoms with Crippen LogP contribution >= 0.6 is 12.2 Å². The number of anilines is 1. The van der Waals surface area contributed by atoms with Gasteiger partial charge in [-0.05, 0) is 84.7 Å². The Labute approximate surface area is 214 Å². The molecule has 1 fully saturated rings. The van der Waals surface area contributed by atoms with Gasteiger partial charge >= 0.3 is 5.97 Å². The molecule has 0 aliphatic carbocycles. The fraction of sp³-hybridized carbons (Fsp3) is 0.143. The summed E-state index contributed by atoms with van der Waals surface area (Å²) in [4.78, 5) is 38.9. The average Bonchev–Trinajstić information content (AvgIpc) is 2.88. The maximum atomic E-state index is 13.4. The molecule has 0 radical (unpaired) electrons. The van der Waals surface area contributed by atoms with Crippen LogP contribution in [0.5, 0.6) is 5.75 Å². The number of nitrogens with zero attached hydrogens (tertiary/aromatic N) is 1. The lowest BCUT2D eigenvalue weighted by Gasteiger charge is -2.30. The maximum Gasteiger partial charge on any atom is 0.337 e. The first kappa shape index (κ1) is 24.8. The zero-order valence-electron chi connectivity index (χ0n) is 20.0. The molecule has 1 N–H and O–H groups in total. The van der Waals surface area contributed by atoms with Gasteiger partial charge in [-0.25, -0.2) is 4.79 Å². The summed E-state index contributed by atoms with van der Waals surface area (Å²) in [7, 11) is 1.33. The zero-order valence-corrected chi connectivity index (χ0v) is 20.8. The first-order valence-corrected chi connectivity index (χ1v) is 11.6. The van der Waals surface area contributed by atoms with Crippen molar-refractivity contribution in [1.29, 1.82) is 0 Å². The number of hydrogen-bond donors (Lipinski definition) is 1. The van der Waals surface area contributed by atoms with Crippen LogP contribution in [0.15, 0.2) is 72.3 Å². The SMILES string of the molecule is COC(=O)c1ccc(COc2cccc(C=C3C(=O)NC(=S)N(c4cccc(C)c4C)C3=O)c2)cc1. The van der Waals surface area contributed by atoms with Crippen LogP contribution in [-0.4, -0.2) is 30.0 Å². The van der Waals surface area contributed by atoms with Gasteiger partial charge in [-0.3, -0.25) is 19.8 Å². The Morgan fingerprint density at radius 3 is 2.47 bits per heavy atom. The number of aryl methyl sites for hydroxylation is 1. The zero-order chi connectivity index (χ0) is 25.8. The number of hydrogen-bond acceptors (Lipinski definition) is 6. The van der Waals surface area contributed by atoms with Crippen LogP contribution in [0.25, 0.3) is 6.08 Å². The van der Waals surface area contributed by atoms with Crippen LogP contribution in [-0.2, 0) is 20.9 Å². The van der Waals surface area contributed by atoms with Crippen LogP contribution in [0.3, 0.4) is 0 Å². The summed E-state index contributed by atoms with van der Waals surface area (Å²) in [6.07, 6.45) is 1.52. The van der Waals surface area contributed by atoms with Gasteiger partial charge in [0.15, 0.2) is 5.11 Å². The number of carbonyl (C=O) groups is 3. The fourth-order valence-corrected chi connectivity index (χ4v) is 4.01. The van der Waals surface area contributed by atoms with Gasteiger partial charge in [-0.1, -0.05) is 36.4 Å². The Balaban J connectivity index is 1.54. The maximum absolute atomic E-state index is 13.4. The third kappa shape index (κ3) is 5.18. The fourth-order valence-electron chi connectivity index (χ4n) is 3.74. The van der Waals surface area contributed by atoms with Crippen molar-refractivity contribution in [2.24, 2.45) is 0 Å². The second-order valence-electron chi connectivity index (χ2n) is 8.23. The summed E-state index contributed by atoms with van der Waals surface area (Å²) < 4.78 is 10.6. The second kappa shape index (κ2) is 10.5. The van der Waals surface area contributed by atoms with Gasteiger partial charge in [0.25, 0.3) is 11.8 Å². The lowest BCUT2D eigenvalue weighted by Crippen LogP contribution is -2.54. The molecule has 1 aliphatic heterocycles. The van der Waals surface area contributed by atoms with E-state index in [9.17, 15) is 14.4 Å². The summed E-state index contributed by atoms with van der Waals surface area (Å²) in [6.45, 7) is 4.13. The molecule has 7 nitrogen and oxygen atoms in total. The number of amides is 2. The van der Waals surface area contributed by atoms with Crippen LogP contribution in [0, 0.1) is 13.8 Å². The third-order valence-electron chi connectivity index (χ3n) is 5.87. The minimum absolute atomic E-state index is 0.0277. The molecular formula is C28H24N2O5S. The van der Waals surface area contributed by atoms with Crippen molar-refractivity contribution >= 4 is 46.9 Å². The molecule has 8 heteroatoms. The molecule has 3 aromatic carbocycles. The number of esters is 1. The number of benzene rings is 3. The molecule has 36 heavy (non-hydrogen) atoms. The van der Waals surface area contributed by atoms with Crippen molar-refractivity contribution in [1.82, 2.24) is 5.32 Å². The summed E-state index contributed by atoms with van der Waals surface area (Å²) in [5, 5.41) is 2.67. The third-order valence-corrected chi connectivity index (χ3v) is 6.15. The summed E-state index contributed by atoms with van der Waals surface area (Å²) in [5.74, 6) is -0.883. The lowest BCUT2D eigenvalue weighted by atomic mass is 10.0. The molecule has 2 amide bonds. The lowest BCUT2D eigenvalue weighted by molar-refractivity contribution is -0.122. The highest BCUT2D eigenvalue weighted by atomic mass is 32.1. The number of nitrogens with one attached hydrogen (secondary N) is 1. The topological polar surface area (TPSA) is 84.9 Å². The Morgan fingerprint density at radius 2 is 1.75 bits per heavy atom. The van der Waals surface area contributed by atoms with Crippen molar-refractivity contribution in [3.8, 4) is 5.75 Å². The molecule has 0 saturated carbocycles. The summed E-state index contributed by atoms with van der Waals surface area (Å²) in [5.41, 5.74) is 4.46. The predicted molar refractivity (Wildman–Crippen MR) is 141 cm³/mol. The number of carbonyl (C=O) groups excluding carboxylic acids is 3. The highest BCUT2D eigenvalue weighted by molar-refractivity contribution is 7.80. The van der Waals surface area contributed by atoms with Gasteiger partial charge in [0, 0.05) is 0 Å². The van der Waals surface area contributed by atoms with E-state index in [4.69, 9.17) is 21.7 Å². The smallest absolute Gasteiger partial charge is 0.337 e. The Bertz CT molecular complexity index is 1400. The normalized spacial score (nSPS) is 14.6. The van der Waals surface area contributed by atoms with E-state index in [1.165, 1.54) is 18.1 Å². The van der Waals surface area contributed by atoms with Crippen molar-refractivity contribution in [3.63, 3.8) is 0 Å². The van der Waals surface area contributed by atoms with Gasteiger partial charge in [0.2, 0.25) is 0 Å². The van der Waals surface area contributed by atoms with E-state index in [1.54, 1.807) is 54.6 Å². The number of ether oxygens (including phenoxy) is 2. The van der Waals surface area contributed by atoms with Gasteiger partial charge < -0.3 is 9.47 Å². The van der Waals surface area contributed by atoms with E-state index in [2.05, 4.69) is 5.32 Å². The standard InChI is InChI=1S/C28H24N2O5S/c1-17-6-4-9-24(18(17)2)30-26(32)23(25(31)29-28(30)36)15-20-7-5-8-22(14-20)35-16-19-10-12-21(13-11-19)27(33)34-3/h4-15H,16H2,1-3H3,(H,29,31,36). The molecule has 0 spiro atoms. The van der Waals surface area contributed by atoms with E-state index in [0.29, 0.717) is 22.6 Å². The molecule has 4 rings (SSSR count). The van der Waals surface area contributed by atoms with E-state index in [-0.39, 0.29) is 17.3 Å². The van der Waals surface area contributed by atoms with Crippen molar-refractivity contribution in [2.45, 2.75) is 20.5 Å². The Hall–Kier alpha value is -4.30. The van der Waals surface area contributed by atoms with Crippen molar-refractivity contribution in [3.05, 3.63) is 100 Å². The van der Waals surface area contributed by atoms with E-state index >= 15 is 0 Å². The highest BCUT2D eigenvalue weighted by Crippen LogP contribution is 2.27. The molecule has 0 atom stereocenters. The minimum Gasteiger partial charge on any atom is -0.489 e. The van der Waals surface area contributed by atoms with Crippen LogP contribution in [0.2, 0.25) is 0 Å². The van der Waals surface area contributed by atoms with Crippen LogP contribution in [0.4, 0.5) is 5.69 Å². The molecule has 3 aromatic rings.